The molecule has 1 aliphatic heterocycles. The first-order valence-electron chi connectivity index (χ1n) is 3.52. The highest BCUT2D eigenvalue weighted by Crippen LogP contribution is 2.20. The molecule has 1 aliphatic rings. The van der Waals surface area contributed by atoms with Gasteiger partial charge in [-0.2, -0.15) is 0 Å². The van der Waals surface area contributed by atoms with Crippen molar-refractivity contribution in [1.29, 1.82) is 0 Å². The van der Waals surface area contributed by atoms with Crippen LogP contribution in [0.15, 0.2) is 18.5 Å². The summed E-state index contributed by atoms with van der Waals surface area (Å²) < 4.78 is 0. The van der Waals surface area contributed by atoms with E-state index in [4.69, 9.17) is 0 Å². The van der Waals surface area contributed by atoms with Gasteiger partial charge in [-0.3, -0.25) is 0 Å². The highest BCUT2D eigenvalue weighted by molar-refractivity contribution is 5.08. The minimum Gasteiger partial charge on any atom is -0.379 e. The summed E-state index contributed by atoms with van der Waals surface area (Å²) in [6, 6.07) is 1.74. The van der Waals surface area contributed by atoms with Crippen molar-refractivity contribution < 1.29 is 5.11 Å². The number of nitrogens with zero attached hydrogens (tertiary/aromatic N) is 2. The smallest absolute Gasteiger partial charge is 0.162 e. The molecule has 0 radical (unpaired) electrons. The molecule has 0 aromatic carbocycles. The average Bonchev–Trinajstić information content (AvgIpc) is 2.02. The Morgan fingerprint density at radius 3 is 2.45 bits per heavy atom. The molecular formula is C7H9N3O. The maximum absolute atomic E-state index is 9.69. The predicted molar refractivity (Wildman–Crippen MR) is 38.8 cm³/mol. The third-order valence-electron chi connectivity index (χ3n) is 1.82. The van der Waals surface area contributed by atoms with Gasteiger partial charge in [-0.1, -0.05) is 0 Å². The number of rotatable bonds is 1. The molecule has 58 valence electrons. The van der Waals surface area contributed by atoms with Gasteiger partial charge in [0, 0.05) is 25.5 Å². The van der Waals surface area contributed by atoms with Crippen molar-refractivity contribution in [2.24, 2.45) is 0 Å². The van der Waals surface area contributed by atoms with Crippen LogP contribution in [-0.4, -0.2) is 28.2 Å². The van der Waals surface area contributed by atoms with E-state index in [1.807, 2.05) is 0 Å². The maximum Gasteiger partial charge on any atom is 0.162 e. The quantitative estimate of drug-likeness (QED) is 0.555. The summed E-state index contributed by atoms with van der Waals surface area (Å²) in [5, 5.41) is 12.7. The van der Waals surface area contributed by atoms with Crippen LogP contribution in [0, 0.1) is 0 Å². The Morgan fingerprint density at radius 1 is 1.36 bits per heavy atom. The molecule has 0 aliphatic carbocycles. The number of nitrogens with one attached hydrogen (secondary N) is 1. The van der Waals surface area contributed by atoms with E-state index in [2.05, 4.69) is 15.3 Å². The summed E-state index contributed by atoms with van der Waals surface area (Å²) >= 11 is 0. The zero-order chi connectivity index (χ0) is 7.73. The Labute approximate surface area is 64.3 Å². The first-order chi connectivity index (χ1) is 5.31. The minimum absolute atomic E-state index is 0.513. The lowest BCUT2D eigenvalue weighted by Gasteiger charge is -2.35. The molecule has 4 nitrogen and oxygen atoms in total. The SMILES string of the molecule is OC1(c2ncccn2)CNC1. The van der Waals surface area contributed by atoms with Gasteiger partial charge in [-0.15, -0.1) is 0 Å². The average molecular weight is 151 g/mol. The molecule has 0 spiro atoms. The summed E-state index contributed by atoms with van der Waals surface area (Å²) in [7, 11) is 0. The molecular weight excluding hydrogens is 142 g/mol. The molecule has 0 saturated carbocycles. The lowest BCUT2D eigenvalue weighted by Crippen LogP contribution is -2.57. The molecule has 0 unspecified atom stereocenters. The van der Waals surface area contributed by atoms with Crippen LogP contribution in [0.5, 0.6) is 0 Å². The second kappa shape index (κ2) is 2.25. The van der Waals surface area contributed by atoms with E-state index >= 15 is 0 Å². The predicted octanol–water partition coefficient (Wildman–Crippen LogP) is -0.733. The monoisotopic (exact) mass is 151 g/mol. The zero-order valence-corrected chi connectivity index (χ0v) is 5.99. The van der Waals surface area contributed by atoms with Crippen LogP contribution >= 0.6 is 0 Å². The maximum atomic E-state index is 9.69. The molecule has 2 N–H and O–H groups in total. The summed E-state index contributed by atoms with van der Waals surface area (Å²) in [6.07, 6.45) is 3.28. The third kappa shape index (κ3) is 1.00. The molecule has 0 atom stereocenters. The standard InChI is InChI=1S/C7H9N3O/c11-7(4-8-5-7)6-9-2-1-3-10-6/h1-3,8,11H,4-5H2. The van der Waals surface area contributed by atoms with Crippen LogP contribution in [0.2, 0.25) is 0 Å². The lowest BCUT2D eigenvalue weighted by atomic mass is 9.96. The third-order valence-corrected chi connectivity index (χ3v) is 1.82. The van der Waals surface area contributed by atoms with Crippen LogP contribution in [0.25, 0.3) is 0 Å². The van der Waals surface area contributed by atoms with Gasteiger partial charge in [0.25, 0.3) is 0 Å². The number of aromatic nitrogens is 2. The van der Waals surface area contributed by atoms with Gasteiger partial charge in [0.1, 0.15) is 5.60 Å². The van der Waals surface area contributed by atoms with E-state index in [9.17, 15) is 5.11 Å². The zero-order valence-electron chi connectivity index (χ0n) is 5.99. The van der Waals surface area contributed by atoms with E-state index in [0.717, 1.165) is 0 Å². The fraction of sp³-hybridized carbons (Fsp3) is 0.429. The van der Waals surface area contributed by atoms with Crippen molar-refractivity contribution in [2.75, 3.05) is 13.1 Å². The van der Waals surface area contributed by atoms with Gasteiger partial charge in [-0.05, 0) is 6.07 Å². The van der Waals surface area contributed by atoms with E-state index < -0.39 is 5.60 Å². The van der Waals surface area contributed by atoms with E-state index in [1.54, 1.807) is 18.5 Å². The van der Waals surface area contributed by atoms with E-state index in [1.165, 1.54) is 0 Å². The Balaban J connectivity index is 2.29. The summed E-state index contributed by atoms with van der Waals surface area (Å²) in [6.45, 7) is 1.11. The van der Waals surface area contributed by atoms with Gasteiger partial charge in [0.15, 0.2) is 5.82 Å². The van der Waals surface area contributed by atoms with Crippen molar-refractivity contribution in [3.05, 3.63) is 24.3 Å². The van der Waals surface area contributed by atoms with Crippen LogP contribution in [-0.2, 0) is 5.60 Å². The van der Waals surface area contributed by atoms with Gasteiger partial charge in [0.2, 0.25) is 0 Å². The fourth-order valence-corrected chi connectivity index (χ4v) is 1.06. The fourth-order valence-electron chi connectivity index (χ4n) is 1.06. The van der Waals surface area contributed by atoms with Gasteiger partial charge in [0.05, 0.1) is 0 Å². The van der Waals surface area contributed by atoms with Crippen LogP contribution in [0.3, 0.4) is 0 Å². The Bertz CT molecular complexity index is 245. The Morgan fingerprint density at radius 2 is 2.00 bits per heavy atom. The molecule has 4 heteroatoms. The molecule has 2 heterocycles. The summed E-state index contributed by atoms with van der Waals surface area (Å²) in [5.41, 5.74) is -0.818. The highest BCUT2D eigenvalue weighted by Gasteiger charge is 2.38. The van der Waals surface area contributed by atoms with Crippen molar-refractivity contribution in [3.63, 3.8) is 0 Å². The van der Waals surface area contributed by atoms with Crippen LogP contribution < -0.4 is 5.32 Å². The van der Waals surface area contributed by atoms with Gasteiger partial charge in [-0.25, -0.2) is 9.97 Å². The molecule has 0 amide bonds. The van der Waals surface area contributed by atoms with Crippen LogP contribution in [0.1, 0.15) is 5.82 Å². The van der Waals surface area contributed by atoms with Crippen molar-refractivity contribution in [1.82, 2.24) is 15.3 Å². The minimum atomic E-state index is -0.818. The topological polar surface area (TPSA) is 58.0 Å². The first-order valence-corrected chi connectivity index (χ1v) is 3.52. The summed E-state index contributed by atoms with van der Waals surface area (Å²) in [4.78, 5) is 7.94. The number of hydrogen-bond acceptors (Lipinski definition) is 4. The van der Waals surface area contributed by atoms with E-state index in [0.29, 0.717) is 18.9 Å². The van der Waals surface area contributed by atoms with Crippen molar-refractivity contribution in [3.8, 4) is 0 Å². The normalized spacial score (nSPS) is 20.8. The van der Waals surface area contributed by atoms with Crippen molar-refractivity contribution >= 4 is 0 Å². The largest absolute Gasteiger partial charge is 0.379 e. The molecule has 1 aromatic rings. The van der Waals surface area contributed by atoms with Gasteiger partial charge >= 0.3 is 0 Å². The number of β-amino-alcohol motifs (C(OH)–C–C–N with tert-alkyl or cyclic N) is 1. The molecule has 1 fully saturated rings. The number of aliphatic hydroxyl groups is 1. The lowest BCUT2D eigenvalue weighted by molar-refractivity contribution is -0.0228. The molecule has 1 aromatic heterocycles. The Kier molecular flexibility index (Phi) is 1.37. The van der Waals surface area contributed by atoms with Crippen LogP contribution in [0.4, 0.5) is 0 Å². The van der Waals surface area contributed by atoms with E-state index in [-0.39, 0.29) is 0 Å². The van der Waals surface area contributed by atoms with Gasteiger partial charge < -0.3 is 10.4 Å². The second-order valence-corrected chi connectivity index (χ2v) is 2.71. The summed E-state index contributed by atoms with van der Waals surface area (Å²) in [5.74, 6) is 0.513. The Hall–Kier alpha value is -1.00. The molecule has 1 saturated heterocycles. The van der Waals surface area contributed by atoms with Crippen molar-refractivity contribution in [2.45, 2.75) is 5.60 Å². The second-order valence-electron chi connectivity index (χ2n) is 2.71. The highest BCUT2D eigenvalue weighted by atomic mass is 16.3. The molecule has 0 bridgehead atoms. The molecule has 2 rings (SSSR count). The first kappa shape index (κ1) is 6.69. The number of hydrogen-bond donors (Lipinski definition) is 2. The molecule has 11 heavy (non-hydrogen) atoms.